The van der Waals surface area contributed by atoms with E-state index in [4.69, 9.17) is 5.26 Å². The van der Waals surface area contributed by atoms with Crippen LogP contribution < -0.4 is 0 Å². The van der Waals surface area contributed by atoms with E-state index in [1.54, 1.807) is 6.07 Å². The maximum absolute atomic E-state index is 8.56. The van der Waals surface area contributed by atoms with Crippen molar-refractivity contribution < 1.29 is 0 Å². The molecule has 1 aromatic rings. The van der Waals surface area contributed by atoms with E-state index >= 15 is 0 Å². The smallest absolute Gasteiger partial charge is 0.163 e. The minimum Gasteiger partial charge on any atom is -0.191 e. The molecule has 0 amide bonds. The second kappa shape index (κ2) is 5.33. The number of hydrogen-bond donors (Lipinski definition) is 0. The summed E-state index contributed by atoms with van der Waals surface area (Å²) in [5.41, 5.74) is 1.37. The van der Waals surface area contributed by atoms with E-state index in [1.807, 2.05) is 12.1 Å². The molecule has 0 aliphatic heterocycles. The van der Waals surface area contributed by atoms with Crippen LogP contribution in [-0.4, -0.2) is 10.2 Å². The number of hydrogen-bond acceptors (Lipinski definition) is 3. The summed E-state index contributed by atoms with van der Waals surface area (Å²) in [6, 6.07) is 5.58. The molecular formula is C11H15N3. The third-order valence-electron chi connectivity index (χ3n) is 2.30. The quantitative estimate of drug-likeness (QED) is 0.731. The summed E-state index contributed by atoms with van der Waals surface area (Å²) in [5, 5.41) is 16.4. The predicted octanol–water partition coefficient (Wildman–Crippen LogP) is 2.64. The monoisotopic (exact) mass is 189 g/mol. The minimum atomic E-state index is 0.386. The molecule has 3 nitrogen and oxygen atoms in total. The van der Waals surface area contributed by atoms with Crippen molar-refractivity contribution in [3.05, 3.63) is 23.5 Å². The van der Waals surface area contributed by atoms with Gasteiger partial charge in [-0.1, -0.05) is 26.7 Å². The largest absolute Gasteiger partial charge is 0.191 e. The molecule has 0 spiro atoms. The van der Waals surface area contributed by atoms with Gasteiger partial charge in [-0.2, -0.15) is 10.4 Å². The molecule has 74 valence electrons. The van der Waals surface area contributed by atoms with Crippen LogP contribution in [-0.2, 0) is 0 Å². The summed E-state index contributed by atoms with van der Waals surface area (Å²) >= 11 is 0. The van der Waals surface area contributed by atoms with Crippen LogP contribution in [0.25, 0.3) is 0 Å². The Balaban J connectivity index is 2.63. The third kappa shape index (κ3) is 2.81. The van der Waals surface area contributed by atoms with Crippen molar-refractivity contribution in [3.8, 4) is 6.07 Å². The van der Waals surface area contributed by atoms with Crippen molar-refractivity contribution in [2.75, 3.05) is 0 Å². The fraction of sp³-hybridized carbons (Fsp3) is 0.545. The van der Waals surface area contributed by atoms with Crippen LogP contribution in [0.4, 0.5) is 0 Å². The lowest BCUT2D eigenvalue weighted by Gasteiger charge is -2.08. The fourth-order valence-electron chi connectivity index (χ4n) is 1.32. The molecule has 1 unspecified atom stereocenters. The molecular weight excluding hydrogens is 174 g/mol. The standard InChI is InChI=1S/C11H15N3/c1-3-4-5-9(2)11-7-6-10(8-12)13-14-11/h6-7,9H,3-5H2,1-2H3. The summed E-state index contributed by atoms with van der Waals surface area (Å²) in [7, 11) is 0. The molecule has 0 saturated carbocycles. The Labute approximate surface area is 84.8 Å². The van der Waals surface area contributed by atoms with Crippen LogP contribution in [0.15, 0.2) is 12.1 Å². The first-order valence-corrected chi connectivity index (χ1v) is 5.01. The summed E-state index contributed by atoms with van der Waals surface area (Å²) in [5.74, 6) is 0.440. The normalized spacial score (nSPS) is 12.1. The number of aromatic nitrogens is 2. The fourth-order valence-corrected chi connectivity index (χ4v) is 1.32. The van der Waals surface area contributed by atoms with Gasteiger partial charge in [-0.05, 0) is 18.6 Å². The average molecular weight is 189 g/mol. The van der Waals surface area contributed by atoms with Gasteiger partial charge in [-0.15, -0.1) is 5.10 Å². The predicted molar refractivity (Wildman–Crippen MR) is 54.7 cm³/mol. The van der Waals surface area contributed by atoms with E-state index in [0.717, 1.165) is 12.1 Å². The lowest BCUT2D eigenvalue weighted by atomic mass is 10.0. The van der Waals surface area contributed by atoms with Crippen LogP contribution in [0, 0.1) is 11.3 Å². The summed E-state index contributed by atoms with van der Waals surface area (Å²) in [6.07, 6.45) is 3.55. The first kappa shape index (κ1) is 10.6. The highest BCUT2D eigenvalue weighted by Crippen LogP contribution is 2.18. The highest BCUT2D eigenvalue weighted by Gasteiger charge is 2.06. The van der Waals surface area contributed by atoms with E-state index in [2.05, 4.69) is 24.0 Å². The van der Waals surface area contributed by atoms with Crippen molar-refractivity contribution >= 4 is 0 Å². The number of unbranched alkanes of at least 4 members (excludes halogenated alkanes) is 1. The molecule has 1 heterocycles. The highest BCUT2D eigenvalue weighted by atomic mass is 15.1. The molecule has 14 heavy (non-hydrogen) atoms. The van der Waals surface area contributed by atoms with E-state index in [0.29, 0.717) is 11.6 Å². The molecule has 0 fully saturated rings. The van der Waals surface area contributed by atoms with Gasteiger partial charge in [-0.25, -0.2) is 0 Å². The maximum atomic E-state index is 8.56. The molecule has 0 aliphatic carbocycles. The number of rotatable bonds is 4. The van der Waals surface area contributed by atoms with Gasteiger partial charge in [0.25, 0.3) is 0 Å². The van der Waals surface area contributed by atoms with Crippen LogP contribution in [0.2, 0.25) is 0 Å². The maximum Gasteiger partial charge on any atom is 0.163 e. The molecule has 0 bridgehead atoms. The van der Waals surface area contributed by atoms with Crippen LogP contribution in [0.1, 0.15) is 50.4 Å². The number of nitrogens with zero attached hydrogens (tertiary/aromatic N) is 3. The Kier molecular flexibility index (Phi) is 4.06. The van der Waals surface area contributed by atoms with Gasteiger partial charge in [-0.3, -0.25) is 0 Å². The van der Waals surface area contributed by atoms with Gasteiger partial charge in [0.15, 0.2) is 5.69 Å². The van der Waals surface area contributed by atoms with Gasteiger partial charge in [0.1, 0.15) is 6.07 Å². The lowest BCUT2D eigenvalue weighted by molar-refractivity contribution is 0.603. The van der Waals surface area contributed by atoms with Crippen LogP contribution in [0.3, 0.4) is 0 Å². The third-order valence-corrected chi connectivity index (χ3v) is 2.30. The zero-order valence-corrected chi connectivity index (χ0v) is 8.70. The molecule has 3 heteroatoms. The Morgan fingerprint density at radius 2 is 2.21 bits per heavy atom. The van der Waals surface area contributed by atoms with Gasteiger partial charge in [0.2, 0.25) is 0 Å². The van der Waals surface area contributed by atoms with E-state index in [9.17, 15) is 0 Å². The zero-order chi connectivity index (χ0) is 10.4. The van der Waals surface area contributed by atoms with Gasteiger partial charge >= 0.3 is 0 Å². The lowest BCUT2D eigenvalue weighted by Crippen LogP contribution is -1.99. The Morgan fingerprint density at radius 1 is 1.43 bits per heavy atom. The molecule has 0 aliphatic rings. The number of nitriles is 1. The Bertz CT molecular complexity index is 310. The van der Waals surface area contributed by atoms with Crippen LogP contribution in [0.5, 0.6) is 0 Å². The average Bonchev–Trinajstić information content (AvgIpc) is 2.26. The van der Waals surface area contributed by atoms with Gasteiger partial charge in [0, 0.05) is 5.92 Å². The first-order chi connectivity index (χ1) is 6.77. The Morgan fingerprint density at radius 3 is 2.71 bits per heavy atom. The summed E-state index contributed by atoms with van der Waals surface area (Å²) in [4.78, 5) is 0. The molecule has 0 N–H and O–H groups in total. The molecule has 1 aromatic heterocycles. The molecule has 0 radical (unpaired) electrons. The zero-order valence-electron chi connectivity index (χ0n) is 8.70. The van der Waals surface area contributed by atoms with E-state index < -0.39 is 0 Å². The van der Waals surface area contributed by atoms with Crippen molar-refractivity contribution in [2.24, 2.45) is 0 Å². The highest BCUT2D eigenvalue weighted by molar-refractivity contribution is 5.20. The molecule has 1 rings (SSSR count). The SMILES string of the molecule is CCCCC(C)c1ccc(C#N)nn1. The topological polar surface area (TPSA) is 49.6 Å². The summed E-state index contributed by atoms with van der Waals surface area (Å²) < 4.78 is 0. The van der Waals surface area contributed by atoms with E-state index in [1.165, 1.54) is 12.8 Å². The summed E-state index contributed by atoms with van der Waals surface area (Å²) in [6.45, 7) is 4.32. The first-order valence-electron chi connectivity index (χ1n) is 5.01. The molecule has 0 aromatic carbocycles. The van der Waals surface area contributed by atoms with Crippen molar-refractivity contribution in [1.29, 1.82) is 5.26 Å². The Hall–Kier alpha value is -1.43. The van der Waals surface area contributed by atoms with Crippen molar-refractivity contribution in [2.45, 2.75) is 39.0 Å². The molecule has 1 atom stereocenters. The second-order valence-electron chi connectivity index (χ2n) is 3.50. The van der Waals surface area contributed by atoms with E-state index in [-0.39, 0.29) is 0 Å². The van der Waals surface area contributed by atoms with Crippen LogP contribution >= 0.6 is 0 Å². The molecule has 0 saturated heterocycles. The van der Waals surface area contributed by atoms with Gasteiger partial charge in [0.05, 0.1) is 5.69 Å². The van der Waals surface area contributed by atoms with Crippen molar-refractivity contribution in [1.82, 2.24) is 10.2 Å². The second-order valence-corrected chi connectivity index (χ2v) is 3.50. The van der Waals surface area contributed by atoms with Crippen molar-refractivity contribution in [3.63, 3.8) is 0 Å². The van der Waals surface area contributed by atoms with Gasteiger partial charge < -0.3 is 0 Å². The minimum absolute atomic E-state index is 0.386.